The zero-order valence-electron chi connectivity index (χ0n) is 13.1. The van der Waals surface area contributed by atoms with Gasteiger partial charge in [-0.25, -0.2) is 8.42 Å². The fourth-order valence-corrected chi connectivity index (χ4v) is 4.23. The fourth-order valence-electron chi connectivity index (χ4n) is 2.32. The lowest BCUT2D eigenvalue weighted by molar-refractivity contribution is 0.426. The molecule has 0 radical (unpaired) electrons. The lowest BCUT2D eigenvalue weighted by Crippen LogP contribution is -2.32. The number of likely N-dealkylation sites (N-methyl/N-ethyl adjacent to an activating group) is 1. The second-order valence-electron chi connectivity index (χ2n) is 4.82. The van der Waals surface area contributed by atoms with Crippen LogP contribution in [-0.4, -0.2) is 49.2 Å². The summed E-state index contributed by atoms with van der Waals surface area (Å²) in [4.78, 5) is 0.365. The van der Waals surface area contributed by atoms with Crippen LogP contribution in [0, 0.1) is 13.8 Å². The van der Waals surface area contributed by atoms with E-state index in [9.17, 15) is 8.42 Å². The van der Waals surface area contributed by atoms with Crippen LogP contribution in [0.5, 0.6) is 0 Å². The van der Waals surface area contributed by atoms with Gasteiger partial charge in [0.2, 0.25) is 10.0 Å². The van der Waals surface area contributed by atoms with Crippen LogP contribution in [0.4, 0.5) is 0 Å². The molecule has 0 bridgehead atoms. The monoisotopic (exact) mass is 302 g/mol. The molecular formula is C13H26N4O2S. The van der Waals surface area contributed by atoms with E-state index in [4.69, 9.17) is 0 Å². The van der Waals surface area contributed by atoms with Gasteiger partial charge in [-0.2, -0.15) is 9.40 Å². The van der Waals surface area contributed by atoms with Gasteiger partial charge in [-0.05, 0) is 27.3 Å². The van der Waals surface area contributed by atoms with Gasteiger partial charge in [-0.1, -0.05) is 13.8 Å². The first kappa shape index (κ1) is 17.1. The van der Waals surface area contributed by atoms with E-state index in [1.807, 2.05) is 27.8 Å². The molecule has 0 atom stereocenters. The van der Waals surface area contributed by atoms with Crippen LogP contribution in [0.25, 0.3) is 0 Å². The first-order chi connectivity index (χ1) is 9.39. The minimum Gasteiger partial charge on any atom is -0.318 e. The minimum atomic E-state index is -3.45. The second-order valence-corrected chi connectivity index (χ2v) is 6.70. The van der Waals surface area contributed by atoms with Crippen LogP contribution >= 0.6 is 0 Å². The highest BCUT2D eigenvalue weighted by Gasteiger charge is 2.29. The lowest BCUT2D eigenvalue weighted by Gasteiger charge is -2.19. The molecule has 116 valence electrons. The van der Waals surface area contributed by atoms with E-state index in [0.29, 0.717) is 35.9 Å². The summed E-state index contributed by atoms with van der Waals surface area (Å²) in [5.41, 5.74) is 1.29. The normalized spacial score (nSPS) is 12.3. The number of hydrogen-bond donors (Lipinski definition) is 1. The molecule has 1 rings (SSSR count). The molecule has 1 N–H and O–H groups in total. The summed E-state index contributed by atoms with van der Waals surface area (Å²) in [5, 5.41) is 7.41. The third-order valence-corrected chi connectivity index (χ3v) is 5.54. The molecule has 0 unspecified atom stereocenters. The van der Waals surface area contributed by atoms with Crippen molar-refractivity contribution in [2.45, 2.75) is 45.6 Å². The lowest BCUT2D eigenvalue weighted by atomic mass is 10.4. The molecule has 6 nitrogen and oxygen atoms in total. The molecule has 1 heterocycles. The smallest absolute Gasteiger partial charge is 0.246 e. The number of hydrogen-bond acceptors (Lipinski definition) is 4. The molecule has 0 aliphatic rings. The third-order valence-electron chi connectivity index (χ3n) is 3.31. The Morgan fingerprint density at radius 2 is 1.95 bits per heavy atom. The Morgan fingerprint density at radius 1 is 1.30 bits per heavy atom. The van der Waals surface area contributed by atoms with Gasteiger partial charge in [-0.15, -0.1) is 0 Å². The quantitative estimate of drug-likeness (QED) is 0.782. The van der Waals surface area contributed by atoms with Crippen molar-refractivity contribution >= 4 is 10.0 Å². The van der Waals surface area contributed by atoms with Gasteiger partial charge in [-0.3, -0.25) is 4.68 Å². The van der Waals surface area contributed by atoms with Crippen LogP contribution in [0.15, 0.2) is 4.90 Å². The minimum absolute atomic E-state index is 0.365. The van der Waals surface area contributed by atoms with Gasteiger partial charge in [0.25, 0.3) is 0 Å². The molecule has 0 aromatic carbocycles. The van der Waals surface area contributed by atoms with Crippen molar-refractivity contribution < 1.29 is 8.42 Å². The van der Waals surface area contributed by atoms with Gasteiger partial charge in [0.05, 0.1) is 17.9 Å². The Morgan fingerprint density at radius 3 is 2.45 bits per heavy atom. The first-order valence-corrected chi connectivity index (χ1v) is 8.52. The number of nitrogens with zero attached hydrogens (tertiary/aromatic N) is 3. The zero-order chi connectivity index (χ0) is 15.3. The summed E-state index contributed by atoms with van der Waals surface area (Å²) in [7, 11) is -1.58. The van der Waals surface area contributed by atoms with Gasteiger partial charge in [0.1, 0.15) is 4.90 Å². The maximum absolute atomic E-state index is 12.7. The van der Waals surface area contributed by atoms with Crippen molar-refractivity contribution in [3.8, 4) is 0 Å². The largest absolute Gasteiger partial charge is 0.318 e. The van der Waals surface area contributed by atoms with E-state index in [-0.39, 0.29) is 0 Å². The molecule has 0 aliphatic heterocycles. The summed E-state index contributed by atoms with van der Waals surface area (Å²) in [5.74, 6) is 0. The molecular weight excluding hydrogens is 276 g/mol. The maximum Gasteiger partial charge on any atom is 0.246 e. The molecule has 0 fully saturated rings. The molecule has 0 saturated carbocycles. The average molecular weight is 302 g/mol. The summed E-state index contributed by atoms with van der Waals surface area (Å²) >= 11 is 0. The van der Waals surface area contributed by atoms with E-state index in [0.717, 1.165) is 13.0 Å². The molecule has 20 heavy (non-hydrogen) atoms. The molecule has 1 aromatic rings. The molecule has 1 aromatic heterocycles. The van der Waals surface area contributed by atoms with Gasteiger partial charge in [0.15, 0.2) is 0 Å². The Bertz CT molecular complexity index is 537. The summed E-state index contributed by atoms with van der Waals surface area (Å²) in [6.45, 7) is 9.87. The predicted octanol–water partition coefficient (Wildman–Crippen LogP) is 1.14. The molecule has 0 aliphatic carbocycles. The van der Waals surface area contributed by atoms with Gasteiger partial charge in [0, 0.05) is 19.6 Å². The van der Waals surface area contributed by atoms with E-state index in [1.165, 1.54) is 4.31 Å². The van der Waals surface area contributed by atoms with E-state index in [2.05, 4.69) is 10.4 Å². The first-order valence-electron chi connectivity index (χ1n) is 7.08. The van der Waals surface area contributed by atoms with E-state index < -0.39 is 10.0 Å². The SMILES string of the molecule is CCCN(CC)S(=O)(=O)c1c(C)nn(CCNC)c1C. The van der Waals surface area contributed by atoms with Crippen molar-refractivity contribution in [1.82, 2.24) is 19.4 Å². The van der Waals surface area contributed by atoms with Crippen molar-refractivity contribution in [2.24, 2.45) is 0 Å². The Balaban J connectivity index is 3.21. The number of rotatable bonds is 8. The van der Waals surface area contributed by atoms with Crippen LogP contribution in [0.2, 0.25) is 0 Å². The Kier molecular flexibility index (Phi) is 6.16. The summed E-state index contributed by atoms with van der Waals surface area (Å²) in [6, 6.07) is 0. The number of nitrogens with one attached hydrogen (secondary N) is 1. The van der Waals surface area contributed by atoms with E-state index in [1.54, 1.807) is 11.6 Å². The average Bonchev–Trinajstić information content (AvgIpc) is 2.68. The van der Waals surface area contributed by atoms with Gasteiger partial charge < -0.3 is 5.32 Å². The third kappa shape index (κ3) is 3.39. The Hall–Kier alpha value is -0.920. The standard InChI is InChI=1S/C13H26N4O2S/c1-6-9-16(7-2)20(18,19)13-11(3)15-17(12(13)4)10-8-14-5/h14H,6-10H2,1-5H3. The highest BCUT2D eigenvalue weighted by molar-refractivity contribution is 7.89. The van der Waals surface area contributed by atoms with Crippen molar-refractivity contribution in [3.05, 3.63) is 11.4 Å². The number of aryl methyl sites for hydroxylation is 1. The Labute approximate surface area is 122 Å². The van der Waals surface area contributed by atoms with Crippen LogP contribution in [-0.2, 0) is 16.6 Å². The maximum atomic E-state index is 12.7. The highest BCUT2D eigenvalue weighted by Crippen LogP contribution is 2.23. The zero-order valence-corrected chi connectivity index (χ0v) is 13.9. The number of sulfonamides is 1. The second kappa shape index (κ2) is 7.19. The van der Waals surface area contributed by atoms with Crippen LogP contribution in [0.1, 0.15) is 31.7 Å². The van der Waals surface area contributed by atoms with Crippen molar-refractivity contribution in [1.29, 1.82) is 0 Å². The van der Waals surface area contributed by atoms with Crippen LogP contribution in [0.3, 0.4) is 0 Å². The molecule has 7 heteroatoms. The predicted molar refractivity (Wildman–Crippen MR) is 80.4 cm³/mol. The van der Waals surface area contributed by atoms with Gasteiger partial charge >= 0.3 is 0 Å². The molecule has 0 saturated heterocycles. The molecule has 0 spiro atoms. The number of aromatic nitrogens is 2. The van der Waals surface area contributed by atoms with Crippen molar-refractivity contribution in [3.63, 3.8) is 0 Å². The fraction of sp³-hybridized carbons (Fsp3) is 0.769. The van der Waals surface area contributed by atoms with E-state index >= 15 is 0 Å². The van der Waals surface area contributed by atoms with Crippen molar-refractivity contribution in [2.75, 3.05) is 26.7 Å². The highest BCUT2D eigenvalue weighted by atomic mass is 32.2. The summed E-state index contributed by atoms with van der Waals surface area (Å²) < 4.78 is 28.8. The topological polar surface area (TPSA) is 67.2 Å². The van der Waals surface area contributed by atoms with Crippen LogP contribution < -0.4 is 5.32 Å². The molecule has 0 amide bonds. The summed E-state index contributed by atoms with van der Waals surface area (Å²) in [6.07, 6.45) is 0.805.